The number of carbonyl (C=O) groups excluding carboxylic acids is 1. The zero-order chi connectivity index (χ0) is 19.2. The van der Waals surface area contributed by atoms with Crippen molar-refractivity contribution in [3.05, 3.63) is 71.4 Å². The van der Waals surface area contributed by atoms with Gasteiger partial charge in [0.05, 0.1) is 26.1 Å². The molecule has 0 fully saturated rings. The Hall–Kier alpha value is -3.25. The average molecular weight is 384 g/mol. The lowest BCUT2D eigenvalue weighted by Gasteiger charge is -2.13. The molecule has 0 spiro atoms. The molecule has 2 aromatic carbocycles. The molecule has 138 valence electrons. The van der Waals surface area contributed by atoms with Gasteiger partial charge in [-0.15, -0.1) is 0 Å². The van der Waals surface area contributed by atoms with Crippen LogP contribution in [-0.4, -0.2) is 25.1 Å². The molecule has 0 atom stereocenters. The second kappa shape index (κ2) is 8.42. The lowest BCUT2D eigenvalue weighted by atomic mass is 10.1. The van der Waals surface area contributed by atoms with Gasteiger partial charge in [0, 0.05) is 10.7 Å². The SMILES string of the molecule is COc1cccc(OC)c1C(=O)Nc1ccc(Nc2ccc(Cl)cc2)nc1. The zero-order valence-electron chi connectivity index (χ0n) is 14.8. The van der Waals surface area contributed by atoms with E-state index in [1.54, 1.807) is 48.7 Å². The molecule has 0 unspecified atom stereocenters. The van der Waals surface area contributed by atoms with E-state index in [0.717, 1.165) is 5.69 Å². The van der Waals surface area contributed by atoms with Crippen LogP contribution in [-0.2, 0) is 0 Å². The number of pyridine rings is 1. The minimum absolute atomic E-state index is 0.325. The summed E-state index contributed by atoms with van der Waals surface area (Å²) in [5.74, 6) is 1.16. The van der Waals surface area contributed by atoms with Gasteiger partial charge in [-0.05, 0) is 48.5 Å². The van der Waals surface area contributed by atoms with E-state index in [-0.39, 0.29) is 5.91 Å². The topological polar surface area (TPSA) is 72.5 Å². The molecule has 0 saturated heterocycles. The van der Waals surface area contributed by atoms with Crippen LogP contribution in [0.1, 0.15) is 10.4 Å². The zero-order valence-corrected chi connectivity index (χ0v) is 15.6. The number of anilines is 3. The maximum atomic E-state index is 12.7. The Kier molecular flexibility index (Phi) is 5.78. The molecule has 0 aliphatic carbocycles. The van der Waals surface area contributed by atoms with Crippen LogP contribution in [0.3, 0.4) is 0 Å². The lowest BCUT2D eigenvalue weighted by molar-refractivity contribution is 0.102. The summed E-state index contributed by atoms with van der Waals surface area (Å²) in [4.78, 5) is 17.0. The molecule has 3 rings (SSSR count). The van der Waals surface area contributed by atoms with Crippen LogP contribution >= 0.6 is 11.6 Å². The molecule has 0 radical (unpaired) electrons. The normalized spacial score (nSPS) is 10.2. The Morgan fingerprint density at radius 2 is 1.56 bits per heavy atom. The van der Waals surface area contributed by atoms with Gasteiger partial charge in [0.15, 0.2) is 0 Å². The number of rotatable bonds is 6. The highest BCUT2D eigenvalue weighted by atomic mass is 35.5. The molecule has 1 aromatic heterocycles. The predicted octanol–water partition coefficient (Wildman–Crippen LogP) is 4.75. The fourth-order valence-corrected chi connectivity index (χ4v) is 2.62. The van der Waals surface area contributed by atoms with E-state index in [1.165, 1.54) is 14.2 Å². The predicted molar refractivity (Wildman–Crippen MR) is 106 cm³/mol. The van der Waals surface area contributed by atoms with E-state index in [2.05, 4.69) is 15.6 Å². The van der Waals surface area contributed by atoms with Crippen LogP contribution < -0.4 is 20.1 Å². The first-order valence-corrected chi connectivity index (χ1v) is 8.49. The number of hydrogen-bond donors (Lipinski definition) is 2. The third-order valence-corrected chi connectivity index (χ3v) is 4.04. The summed E-state index contributed by atoms with van der Waals surface area (Å²) in [6.45, 7) is 0. The van der Waals surface area contributed by atoms with Crippen molar-refractivity contribution in [2.75, 3.05) is 24.9 Å². The van der Waals surface area contributed by atoms with Gasteiger partial charge in [0.1, 0.15) is 22.9 Å². The Labute approximate surface area is 162 Å². The van der Waals surface area contributed by atoms with Crippen LogP contribution in [0.25, 0.3) is 0 Å². The van der Waals surface area contributed by atoms with E-state index in [1.807, 2.05) is 12.1 Å². The highest BCUT2D eigenvalue weighted by molar-refractivity contribution is 6.30. The van der Waals surface area contributed by atoms with E-state index in [9.17, 15) is 4.79 Å². The standard InChI is InChI=1S/C20H18ClN3O3/c1-26-16-4-3-5-17(27-2)19(16)20(25)24-15-10-11-18(22-12-15)23-14-8-6-13(21)7-9-14/h3-12H,1-2H3,(H,22,23)(H,24,25). The van der Waals surface area contributed by atoms with E-state index < -0.39 is 0 Å². The number of nitrogens with one attached hydrogen (secondary N) is 2. The first-order valence-electron chi connectivity index (χ1n) is 8.11. The summed E-state index contributed by atoms with van der Waals surface area (Å²) in [6, 6.07) is 16.0. The maximum absolute atomic E-state index is 12.7. The van der Waals surface area contributed by atoms with Crippen molar-refractivity contribution in [1.82, 2.24) is 4.98 Å². The van der Waals surface area contributed by atoms with Crippen molar-refractivity contribution in [2.45, 2.75) is 0 Å². The summed E-state index contributed by atoms with van der Waals surface area (Å²) >= 11 is 5.88. The summed E-state index contributed by atoms with van der Waals surface area (Å²) in [7, 11) is 3.01. The highest BCUT2D eigenvalue weighted by Crippen LogP contribution is 2.29. The van der Waals surface area contributed by atoms with Gasteiger partial charge in [-0.3, -0.25) is 4.79 Å². The number of ether oxygens (including phenoxy) is 2. The summed E-state index contributed by atoms with van der Waals surface area (Å²) < 4.78 is 10.5. The number of methoxy groups -OCH3 is 2. The monoisotopic (exact) mass is 383 g/mol. The molecule has 7 heteroatoms. The summed E-state index contributed by atoms with van der Waals surface area (Å²) in [5.41, 5.74) is 1.74. The van der Waals surface area contributed by atoms with E-state index in [0.29, 0.717) is 33.6 Å². The molecule has 0 aliphatic rings. The molecule has 1 amide bonds. The second-order valence-corrected chi connectivity index (χ2v) is 5.99. The molecule has 3 aromatic rings. The number of nitrogens with zero attached hydrogens (tertiary/aromatic N) is 1. The minimum atomic E-state index is -0.343. The first-order chi connectivity index (χ1) is 13.1. The molecule has 2 N–H and O–H groups in total. The first kappa shape index (κ1) is 18.5. The molecule has 27 heavy (non-hydrogen) atoms. The Morgan fingerprint density at radius 1 is 0.926 bits per heavy atom. The van der Waals surface area contributed by atoms with Crippen molar-refractivity contribution in [2.24, 2.45) is 0 Å². The van der Waals surface area contributed by atoms with Gasteiger partial charge in [-0.2, -0.15) is 0 Å². The van der Waals surface area contributed by atoms with Crippen LogP contribution in [0.2, 0.25) is 5.02 Å². The van der Waals surface area contributed by atoms with Crippen molar-refractivity contribution in [3.8, 4) is 11.5 Å². The molecule has 0 bridgehead atoms. The van der Waals surface area contributed by atoms with Crippen molar-refractivity contribution < 1.29 is 14.3 Å². The van der Waals surface area contributed by atoms with Crippen molar-refractivity contribution in [3.63, 3.8) is 0 Å². The van der Waals surface area contributed by atoms with Crippen molar-refractivity contribution in [1.29, 1.82) is 0 Å². The Balaban J connectivity index is 1.73. The van der Waals surface area contributed by atoms with Gasteiger partial charge >= 0.3 is 0 Å². The second-order valence-electron chi connectivity index (χ2n) is 5.56. The fourth-order valence-electron chi connectivity index (χ4n) is 2.49. The van der Waals surface area contributed by atoms with Gasteiger partial charge < -0.3 is 20.1 Å². The van der Waals surface area contributed by atoms with Crippen molar-refractivity contribution >= 4 is 34.7 Å². The average Bonchev–Trinajstić information content (AvgIpc) is 2.70. The largest absolute Gasteiger partial charge is 0.496 e. The number of carbonyl (C=O) groups is 1. The van der Waals surface area contributed by atoms with E-state index >= 15 is 0 Å². The molecular weight excluding hydrogens is 366 g/mol. The number of hydrogen-bond acceptors (Lipinski definition) is 5. The lowest BCUT2D eigenvalue weighted by Crippen LogP contribution is -2.14. The maximum Gasteiger partial charge on any atom is 0.263 e. The van der Waals surface area contributed by atoms with Gasteiger partial charge in [0.25, 0.3) is 5.91 Å². The molecule has 0 aliphatic heterocycles. The highest BCUT2D eigenvalue weighted by Gasteiger charge is 2.18. The number of benzene rings is 2. The molecule has 0 saturated carbocycles. The van der Waals surface area contributed by atoms with Crippen LogP contribution in [0.15, 0.2) is 60.8 Å². The number of halogens is 1. The fraction of sp³-hybridized carbons (Fsp3) is 0.100. The quantitative estimate of drug-likeness (QED) is 0.642. The minimum Gasteiger partial charge on any atom is -0.496 e. The van der Waals surface area contributed by atoms with Crippen LogP contribution in [0, 0.1) is 0 Å². The van der Waals surface area contributed by atoms with Crippen LogP contribution in [0.4, 0.5) is 17.2 Å². The van der Waals surface area contributed by atoms with Gasteiger partial charge in [-0.25, -0.2) is 4.98 Å². The van der Waals surface area contributed by atoms with Crippen LogP contribution in [0.5, 0.6) is 11.5 Å². The molecule has 6 nitrogen and oxygen atoms in total. The number of aromatic nitrogens is 1. The van der Waals surface area contributed by atoms with Gasteiger partial charge in [-0.1, -0.05) is 17.7 Å². The summed E-state index contributed by atoms with van der Waals surface area (Å²) in [6.07, 6.45) is 1.57. The number of amides is 1. The summed E-state index contributed by atoms with van der Waals surface area (Å²) in [5, 5.41) is 6.62. The molecule has 1 heterocycles. The Morgan fingerprint density at radius 3 is 2.11 bits per heavy atom. The smallest absolute Gasteiger partial charge is 0.263 e. The third-order valence-electron chi connectivity index (χ3n) is 3.79. The molecular formula is C20H18ClN3O3. The van der Waals surface area contributed by atoms with Gasteiger partial charge in [0.2, 0.25) is 0 Å². The van der Waals surface area contributed by atoms with E-state index in [4.69, 9.17) is 21.1 Å². The Bertz CT molecular complexity index is 906. The third kappa shape index (κ3) is 4.48.